The summed E-state index contributed by atoms with van der Waals surface area (Å²) in [5.74, 6) is -0.766. The van der Waals surface area contributed by atoms with E-state index < -0.39 is 11.8 Å². The van der Waals surface area contributed by atoms with Crippen LogP contribution in [-0.2, 0) is 11.8 Å². The SMILES string of the molecule is Cn1/c(=N/NC(=O)CNC(=O)c2ccc(Br)o2)sc2ccccc21. The molecule has 0 aliphatic rings. The first kappa shape index (κ1) is 16.5. The van der Waals surface area contributed by atoms with Gasteiger partial charge in [-0.2, -0.15) is 0 Å². The van der Waals surface area contributed by atoms with E-state index in [9.17, 15) is 9.59 Å². The summed E-state index contributed by atoms with van der Waals surface area (Å²) in [7, 11) is 1.88. The van der Waals surface area contributed by atoms with Crippen LogP contribution < -0.4 is 15.5 Å². The number of para-hydroxylation sites is 1. The van der Waals surface area contributed by atoms with E-state index in [0.717, 1.165) is 10.2 Å². The predicted molar refractivity (Wildman–Crippen MR) is 93.2 cm³/mol. The molecule has 0 radical (unpaired) electrons. The summed E-state index contributed by atoms with van der Waals surface area (Å²) in [4.78, 5) is 24.2. The Hall–Kier alpha value is -2.39. The summed E-state index contributed by atoms with van der Waals surface area (Å²) < 4.78 is 8.51. The normalized spacial score (nSPS) is 11.7. The molecule has 3 aromatic rings. The molecule has 9 heteroatoms. The van der Waals surface area contributed by atoms with Gasteiger partial charge in [0.25, 0.3) is 11.8 Å². The monoisotopic (exact) mass is 408 g/mol. The zero-order valence-corrected chi connectivity index (χ0v) is 15.0. The highest BCUT2D eigenvalue weighted by Crippen LogP contribution is 2.15. The number of nitrogens with zero attached hydrogens (tertiary/aromatic N) is 2. The number of nitrogens with one attached hydrogen (secondary N) is 2. The van der Waals surface area contributed by atoms with Crippen molar-refractivity contribution in [3.05, 3.63) is 51.6 Å². The van der Waals surface area contributed by atoms with Crippen molar-refractivity contribution in [3.63, 3.8) is 0 Å². The van der Waals surface area contributed by atoms with Gasteiger partial charge in [-0.3, -0.25) is 9.59 Å². The third kappa shape index (κ3) is 3.57. The second kappa shape index (κ2) is 7.02. The first-order chi connectivity index (χ1) is 11.5. The zero-order valence-electron chi connectivity index (χ0n) is 12.6. The maximum atomic E-state index is 11.8. The van der Waals surface area contributed by atoms with Crippen molar-refractivity contribution in [2.45, 2.75) is 0 Å². The van der Waals surface area contributed by atoms with Crippen LogP contribution in [0.3, 0.4) is 0 Å². The Bertz CT molecular complexity index is 972. The number of aromatic nitrogens is 1. The number of aryl methyl sites for hydroxylation is 1. The maximum Gasteiger partial charge on any atom is 0.287 e. The first-order valence-corrected chi connectivity index (χ1v) is 8.56. The van der Waals surface area contributed by atoms with Crippen LogP contribution in [0.2, 0.25) is 0 Å². The number of rotatable bonds is 4. The van der Waals surface area contributed by atoms with E-state index in [2.05, 4.69) is 31.8 Å². The summed E-state index contributed by atoms with van der Waals surface area (Å²) in [5, 5.41) is 6.56. The number of carbonyl (C=O) groups is 2. The summed E-state index contributed by atoms with van der Waals surface area (Å²) in [5.41, 5.74) is 3.47. The molecule has 3 rings (SSSR count). The summed E-state index contributed by atoms with van der Waals surface area (Å²) in [6.07, 6.45) is 0. The third-order valence-corrected chi connectivity index (χ3v) is 4.74. The lowest BCUT2D eigenvalue weighted by atomic mass is 10.3. The third-order valence-electron chi connectivity index (χ3n) is 3.20. The second-order valence-corrected chi connectivity index (χ2v) is 6.64. The Kier molecular flexibility index (Phi) is 4.81. The highest BCUT2D eigenvalue weighted by atomic mass is 79.9. The van der Waals surface area contributed by atoms with Crippen LogP contribution >= 0.6 is 27.3 Å². The van der Waals surface area contributed by atoms with E-state index >= 15 is 0 Å². The molecule has 7 nitrogen and oxygen atoms in total. The Labute approximate surface area is 149 Å². The molecule has 24 heavy (non-hydrogen) atoms. The average Bonchev–Trinajstić information content (AvgIpc) is 3.15. The molecule has 0 atom stereocenters. The molecule has 0 spiro atoms. The van der Waals surface area contributed by atoms with Gasteiger partial charge in [0.2, 0.25) is 4.80 Å². The van der Waals surface area contributed by atoms with Crippen LogP contribution in [0, 0.1) is 0 Å². The molecule has 0 aliphatic heterocycles. The minimum Gasteiger partial charge on any atom is -0.444 e. The standard InChI is InChI=1S/C15H13BrN4O3S/c1-20-9-4-2-3-5-11(9)24-15(20)19-18-13(21)8-17-14(22)10-6-7-12(16)23-10/h2-7H,8H2,1H3,(H,17,22)(H,18,21)/b19-15-. The fraction of sp³-hybridized carbons (Fsp3) is 0.133. The number of amides is 2. The number of halogens is 1. The lowest BCUT2D eigenvalue weighted by molar-refractivity contribution is -0.120. The van der Waals surface area contributed by atoms with Crippen molar-refractivity contribution in [3.8, 4) is 0 Å². The van der Waals surface area contributed by atoms with Gasteiger partial charge in [-0.25, -0.2) is 5.43 Å². The van der Waals surface area contributed by atoms with Crippen molar-refractivity contribution < 1.29 is 14.0 Å². The molecule has 0 saturated heterocycles. The van der Waals surface area contributed by atoms with Gasteiger partial charge in [0.1, 0.15) is 0 Å². The Morgan fingerprint density at radius 2 is 2.08 bits per heavy atom. The molecule has 2 heterocycles. The second-order valence-electron chi connectivity index (χ2n) is 4.84. The fourth-order valence-corrected chi connectivity index (χ4v) is 3.31. The molecule has 1 aromatic carbocycles. The zero-order chi connectivity index (χ0) is 17.1. The molecule has 2 aromatic heterocycles. The lowest BCUT2D eigenvalue weighted by Gasteiger charge is -2.01. The van der Waals surface area contributed by atoms with Gasteiger partial charge in [-0.05, 0) is 40.2 Å². The minimum atomic E-state index is -0.469. The minimum absolute atomic E-state index is 0.127. The van der Waals surface area contributed by atoms with Crippen LogP contribution in [0.25, 0.3) is 10.2 Å². The number of hydrogen-bond acceptors (Lipinski definition) is 5. The number of carbonyl (C=O) groups excluding carboxylic acids is 2. The van der Waals surface area contributed by atoms with Gasteiger partial charge >= 0.3 is 0 Å². The highest BCUT2D eigenvalue weighted by molar-refractivity contribution is 9.10. The van der Waals surface area contributed by atoms with Crippen LogP contribution in [0.1, 0.15) is 10.6 Å². The lowest BCUT2D eigenvalue weighted by Crippen LogP contribution is -2.35. The van der Waals surface area contributed by atoms with Gasteiger partial charge in [-0.1, -0.05) is 23.5 Å². The van der Waals surface area contributed by atoms with E-state index in [0.29, 0.717) is 9.47 Å². The van der Waals surface area contributed by atoms with E-state index in [4.69, 9.17) is 4.42 Å². The summed E-state index contributed by atoms with van der Waals surface area (Å²) in [6, 6.07) is 11.0. The smallest absolute Gasteiger partial charge is 0.287 e. The molecule has 0 bridgehead atoms. The fourth-order valence-electron chi connectivity index (χ4n) is 2.02. The van der Waals surface area contributed by atoms with Gasteiger partial charge < -0.3 is 14.3 Å². The van der Waals surface area contributed by atoms with Crippen LogP contribution in [0.5, 0.6) is 0 Å². The molecule has 0 aliphatic carbocycles. The Balaban J connectivity index is 1.62. The highest BCUT2D eigenvalue weighted by Gasteiger charge is 2.11. The largest absolute Gasteiger partial charge is 0.444 e. The van der Waals surface area contributed by atoms with Crippen molar-refractivity contribution in [2.24, 2.45) is 12.1 Å². The van der Waals surface area contributed by atoms with Crippen molar-refractivity contribution >= 4 is 49.3 Å². The maximum absolute atomic E-state index is 11.8. The van der Waals surface area contributed by atoms with Crippen LogP contribution in [0.15, 0.2) is 50.6 Å². The van der Waals surface area contributed by atoms with Crippen LogP contribution in [0.4, 0.5) is 0 Å². The van der Waals surface area contributed by atoms with E-state index in [-0.39, 0.29) is 12.3 Å². The predicted octanol–water partition coefficient (Wildman–Crippen LogP) is 1.96. The van der Waals surface area contributed by atoms with Crippen molar-refractivity contribution in [2.75, 3.05) is 6.54 Å². The van der Waals surface area contributed by atoms with Gasteiger partial charge in [0.05, 0.1) is 16.8 Å². The molecular formula is C15H13BrN4O3S. The van der Waals surface area contributed by atoms with Gasteiger partial charge in [0, 0.05) is 7.05 Å². The first-order valence-electron chi connectivity index (χ1n) is 6.95. The quantitative estimate of drug-likeness (QED) is 0.646. The van der Waals surface area contributed by atoms with E-state index in [1.807, 2.05) is 35.9 Å². The molecule has 0 unspecified atom stereocenters. The molecule has 0 fully saturated rings. The van der Waals surface area contributed by atoms with E-state index in [1.165, 1.54) is 17.4 Å². The molecule has 124 valence electrons. The average molecular weight is 409 g/mol. The molecule has 0 saturated carbocycles. The topological polar surface area (TPSA) is 88.6 Å². The number of fused-ring (bicyclic) bond motifs is 1. The molecular weight excluding hydrogens is 396 g/mol. The summed E-state index contributed by atoms with van der Waals surface area (Å²) >= 11 is 4.57. The number of hydrogen-bond donors (Lipinski definition) is 2. The Morgan fingerprint density at radius 3 is 2.79 bits per heavy atom. The van der Waals surface area contributed by atoms with Gasteiger partial charge in [-0.15, -0.1) is 5.10 Å². The van der Waals surface area contributed by atoms with Gasteiger partial charge in [0.15, 0.2) is 10.4 Å². The summed E-state index contributed by atoms with van der Waals surface area (Å²) in [6.45, 7) is -0.199. The number of benzene rings is 1. The van der Waals surface area contributed by atoms with Crippen molar-refractivity contribution in [1.82, 2.24) is 15.3 Å². The number of furan rings is 1. The number of thiazole rings is 1. The van der Waals surface area contributed by atoms with E-state index in [1.54, 1.807) is 6.07 Å². The Morgan fingerprint density at radius 1 is 1.29 bits per heavy atom. The van der Waals surface area contributed by atoms with Crippen molar-refractivity contribution in [1.29, 1.82) is 0 Å². The molecule has 2 amide bonds. The molecule has 2 N–H and O–H groups in total. The van der Waals surface area contributed by atoms with Crippen LogP contribution in [-0.4, -0.2) is 22.9 Å².